The van der Waals surface area contributed by atoms with Crippen LogP contribution in [-0.2, 0) is 4.79 Å². The van der Waals surface area contributed by atoms with E-state index in [0.29, 0.717) is 27.7 Å². The lowest BCUT2D eigenvalue weighted by Crippen LogP contribution is -2.36. The average molecular weight is 382 g/mol. The number of benzene rings is 2. The second-order valence-corrected chi connectivity index (χ2v) is 6.65. The molecular formula is C19H15FN4O2S. The molecule has 1 aliphatic heterocycles. The maximum absolute atomic E-state index is 13.4. The third-order valence-electron chi connectivity index (χ3n) is 4.19. The van der Waals surface area contributed by atoms with Gasteiger partial charge in [-0.25, -0.2) is 4.39 Å². The van der Waals surface area contributed by atoms with Crippen molar-refractivity contribution in [3.8, 4) is 17.1 Å². The summed E-state index contributed by atoms with van der Waals surface area (Å²) in [5.74, 6) is -0.307. The van der Waals surface area contributed by atoms with Gasteiger partial charge in [0.25, 0.3) is 0 Å². The van der Waals surface area contributed by atoms with Crippen molar-refractivity contribution < 1.29 is 13.9 Å². The Morgan fingerprint density at radius 1 is 1.15 bits per heavy atom. The fourth-order valence-corrected chi connectivity index (χ4v) is 3.28. The predicted molar refractivity (Wildman–Crippen MR) is 100.0 cm³/mol. The highest BCUT2D eigenvalue weighted by atomic mass is 32.2. The van der Waals surface area contributed by atoms with Gasteiger partial charge in [-0.05, 0) is 24.5 Å². The molecule has 0 unspecified atom stereocenters. The molecule has 0 spiro atoms. The normalized spacial score (nSPS) is 15.4. The molecular weight excluding hydrogens is 367 g/mol. The van der Waals surface area contributed by atoms with Crippen LogP contribution in [0.1, 0.15) is 18.7 Å². The molecule has 0 aliphatic carbocycles. The first kappa shape index (κ1) is 17.4. The molecule has 8 heteroatoms. The first-order chi connectivity index (χ1) is 13.1. The number of nitrogens with zero attached hydrogens (tertiary/aromatic N) is 4. The molecule has 1 amide bonds. The van der Waals surface area contributed by atoms with Crippen LogP contribution in [0.5, 0.6) is 5.88 Å². The van der Waals surface area contributed by atoms with E-state index >= 15 is 0 Å². The SMILES string of the molecule is CSc1nnc2c(n1)O[C@H](c1ccc(F)cc1)N(C(C)=O)c1ccccc1-2. The van der Waals surface area contributed by atoms with Crippen molar-refractivity contribution in [1.29, 1.82) is 0 Å². The summed E-state index contributed by atoms with van der Waals surface area (Å²) < 4.78 is 19.5. The van der Waals surface area contributed by atoms with Gasteiger partial charge < -0.3 is 4.74 Å². The molecule has 27 heavy (non-hydrogen) atoms. The number of thioether (sulfide) groups is 1. The molecule has 2 aromatic carbocycles. The Morgan fingerprint density at radius 2 is 1.89 bits per heavy atom. The summed E-state index contributed by atoms with van der Waals surface area (Å²) in [6, 6.07) is 13.2. The third kappa shape index (κ3) is 3.12. The second-order valence-electron chi connectivity index (χ2n) is 5.88. The molecule has 6 nitrogen and oxygen atoms in total. The van der Waals surface area contributed by atoms with Crippen LogP contribution >= 0.6 is 11.8 Å². The van der Waals surface area contributed by atoms with E-state index in [1.807, 2.05) is 30.5 Å². The van der Waals surface area contributed by atoms with E-state index in [1.165, 1.54) is 35.7 Å². The first-order valence-electron chi connectivity index (χ1n) is 8.18. The van der Waals surface area contributed by atoms with Gasteiger partial charge in [0.2, 0.25) is 23.2 Å². The van der Waals surface area contributed by atoms with Crippen LogP contribution in [0.4, 0.5) is 10.1 Å². The Kier molecular flexibility index (Phi) is 4.49. The van der Waals surface area contributed by atoms with Crippen molar-refractivity contribution >= 4 is 23.4 Å². The molecule has 4 rings (SSSR count). The number of amides is 1. The highest BCUT2D eigenvalue weighted by molar-refractivity contribution is 7.98. The van der Waals surface area contributed by atoms with Crippen molar-refractivity contribution in [2.24, 2.45) is 0 Å². The summed E-state index contributed by atoms with van der Waals surface area (Å²) >= 11 is 1.34. The zero-order valence-corrected chi connectivity index (χ0v) is 15.4. The summed E-state index contributed by atoms with van der Waals surface area (Å²) in [7, 11) is 0. The number of carbonyl (C=O) groups is 1. The van der Waals surface area contributed by atoms with Crippen molar-refractivity contribution in [3.05, 3.63) is 59.9 Å². The number of anilines is 1. The quantitative estimate of drug-likeness (QED) is 0.627. The minimum atomic E-state index is -0.808. The van der Waals surface area contributed by atoms with Gasteiger partial charge in [-0.3, -0.25) is 9.69 Å². The van der Waals surface area contributed by atoms with Crippen LogP contribution in [0.25, 0.3) is 11.3 Å². The molecule has 1 aliphatic rings. The molecule has 2 heterocycles. The number of para-hydroxylation sites is 1. The Balaban J connectivity index is 1.96. The van der Waals surface area contributed by atoms with Crippen LogP contribution in [0.15, 0.2) is 53.7 Å². The maximum atomic E-state index is 13.4. The van der Waals surface area contributed by atoms with E-state index in [-0.39, 0.29) is 17.6 Å². The number of halogens is 1. The largest absolute Gasteiger partial charge is 0.447 e. The number of carbonyl (C=O) groups excluding carboxylic acids is 1. The molecule has 3 aromatic rings. The van der Waals surface area contributed by atoms with Crippen molar-refractivity contribution in [1.82, 2.24) is 15.2 Å². The zero-order valence-electron chi connectivity index (χ0n) is 14.6. The van der Waals surface area contributed by atoms with E-state index in [4.69, 9.17) is 4.74 Å². The predicted octanol–water partition coefficient (Wildman–Crippen LogP) is 3.84. The summed E-state index contributed by atoms with van der Waals surface area (Å²) in [6.07, 6.45) is 1.03. The molecule has 0 fully saturated rings. The molecule has 0 N–H and O–H groups in total. The highest BCUT2D eigenvalue weighted by Gasteiger charge is 2.34. The summed E-state index contributed by atoms with van der Waals surface area (Å²) in [4.78, 5) is 18.5. The lowest BCUT2D eigenvalue weighted by atomic mass is 10.1. The molecule has 136 valence electrons. The van der Waals surface area contributed by atoms with E-state index in [2.05, 4.69) is 15.2 Å². The fourth-order valence-electron chi connectivity index (χ4n) is 2.98. The summed E-state index contributed by atoms with van der Waals surface area (Å²) in [5.41, 5.74) is 2.41. The van der Waals surface area contributed by atoms with Crippen molar-refractivity contribution in [2.45, 2.75) is 18.3 Å². The van der Waals surface area contributed by atoms with Crippen molar-refractivity contribution in [2.75, 3.05) is 11.2 Å². The van der Waals surface area contributed by atoms with Gasteiger partial charge in [0.05, 0.1) is 5.69 Å². The number of fused-ring (bicyclic) bond motifs is 3. The van der Waals surface area contributed by atoms with Crippen LogP contribution in [0.2, 0.25) is 0 Å². The molecule has 0 saturated heterocycles. The molecule has 0 saturated carbocycles. The van der Waals surface area contributed by atoms with Crippen LogP contribution in [0.3, 0.4) is 0 Å². The van der Waals surface area contributed by atoms with Crippen molar-refractivity contribution in [3.63, 3.8) is 0 Å². The van der Waals surface area contributed by atoms with Crippen LogP contribution < -0.4 is 9.64 Å². The van der Waals surface area contributed by atoms with E-state index in [0.717, 1.165) is 0 Å². The van der Waals surface area contributed by atoms with Gasteiger partial charge in [0.1, 0.15) is 5.82 Å². The number of ether oxygens (including phenoxy) is 1. The van der Waals surface area contributed by atoms with Gasteiger partial charge in [0.15, 0.2) is 5.69 Å². The third-order valence-corrected chi connectivity index (χ3v) is 4.73. The molecule has 0 radical (unpaired) electrons. The number of hydrogen-bond acceptors (Lipinski definition) is 6. The summed E-state index contributed by atoms with van der Waals surface area (Å²) in [5, 5.41) is 8.83. The second kappa shape index (κ2) is 6.96. The fraction of sp³-hybridized carbons (Fsp3) is 0.158. The Labute approximate surface area is 159 Å². The summed E-state index contributed by atoms with van der Waals surface area (Å²) in [6.45, 7) is 1.46. The molecule has 0 bridgehead atoms. The minimum absolute atomic E-state index is 0.220. The van der Waals surface area contributed by atoms with Crippen LogP contribution in [0, 0.1) is 5.82 Å². The monoisotopic (exact) mass is 382 g/mol. The van der Waals surface area contributed by atoms with E-state index in [1.54, 1.807) is 12.1 Å². The van der Waals surface area contributed by atoms with E-state index < -0.39 is 6.23 Å². The van der Waals surface area contributed by atoms with Gasteiger partial charge in [0, 0.05) is 18.1 Å². The van der Waals surface area contributed by atoms with Gasteiger partial charge in [-0.15, -0.1) is 10.2 Å². The van der Waals surface area contributed by atoms with Crippen LogP contribution in [-0.4, -0.2) is 27.3 Å². The highest BCUT2D eigenvalue weighted by Crippen LogP contribution is 2.43. The Hall–Kier alpha value is -3.00. The standard InChI is InChI=1S/C19H15FN4O2S/c1-11(25)24-15-6-4-3-5-14(15)16-17(21-19(27-2)23-22-16)26-18(24)12-7-9-13(20)10-8-12/h3-10,18H,1-2H3/t18-/m1/s1. The minimum Gasteiger partial charge on any atom is -0.447 e. The topological polar surface area (TPSA) is 68.2 Å². The number of aromatic nitrogens is 3. The molecule has 1 atom stereocenters. The smallest absolute Gasteiger partial charge is 0.247 e. The van der Waals surface area contributed by atoms with Gasteiger partial charge >= 0.3 is 0 Å². The van der Waals surface area contributed by atoms with Gasteiger partial charge in [-0.2, -0.15) is 4.98 Å². The first-order valence-corrected chi connectivity index (χ1v) is 9.41. The number of hydrogen-bond donors (Lipinski definition) is 0. The Bertz CT molecular complexity index is 1010. The van der Waals surface area contributed by atoms with Gasteiger partial charge in [-0.1, -0.05) is 42.1 Å². The zero-order chi connectivity index (χ0) is 19.0. The van der Waals surface area contributed by atoms with E-state index in [9.17, 15) is 9.18 Å². The number of rotatable bonds is 2. The molecule has 1 aromatic heterocycles. The average Bonchev–Trinajstić information content (AvgIpc) is 2.82. The maximum Gasteiger partial charge on any atom is 0.247 e. The Morgan fingerprint density at radius 3 is 2.59 bits per heavy atom. The lowest BCUT2D eigenvalue weighted by molar-refractivity contribution is -0.118. The lowest BCUT2D eigenvalue weighted by Gasteiger charge is -2.29.